The van der Waals surface area contributed by atoms with Gasteiger partial charge in [0.25, 0.3) is 0 Å². The predicted molar refractivity (Wildman–Crippen MR) is 117 cm³/mol. The standard InChI is InChI=1S/C23H27N3O2S/c1-23(2,3)18-8-10-19(11-9-18)29(27,28)21-16-17-6-4-5-7-20(17)22(25-21)26-14-12-24-13-15-26/h4-11,16,24H,12-15H2,1-3H3. The summed E-state index contributed by atoms with van der Waals surface area (Å²) in [6.45, 7) is 9.67. The van der Waals surface area contributed by atoms with E-state index in [0.717, 1.165) is 48.3 Å². The molecule has 5 nitrogen and oxygen atoms in total. The molecular formula is C23H27N3O2S. The van der Waals surface area contributed by atoms with E-state index in [0.29, 0.717) is 0 Å². The van der Waals surface area contributed by atoms with Crippen LogP contribution in [0.3, 0.4) is 0 Å². The second-order valence-electron chi connectivity index (χ2n) is 8.52. The van der Waals surface area contributed by atoms with Crippen LogP contribution in [-0.4, -0.2) is 39.6 Å². The molecule has 2 heterocycles. The number of anilines is 1. The van der Waals surface area contributed by atoms with Gasteiger partial charge in [0.1, 0.15) is 5.82 Å². The molecule has 0 amide bonds. The molecule has 2 aromatic carbocycles. The normalized spacial score (nSPS) is 15.6. The Morgan fingerprint density at radius 1 is 0.966 bits per heavy atom. The molecule has 1 aliphatic rings. The van der Waals surface area contributed by atoms with Gasteiger partial charge in [0.2, 0.25) is 9.84 Å². The Hall–Kier alpha value is -2.44. The predicted octanol–water partition coefficient (Wildman–Crippen LogP) is 3.77. The summed E-state index contributed by atoms with van der Waals surface area (Å²) in [5.74, 6) is 0.745. The van der Waals surface area contributed by atoms with Gasteiger partial charge in [-0.25, -0.2) is 13.4 Å². The summed E-state index contributed by atoms with van der Waals surface area (Å²) >= 11 is 0. The molecule has 4 rings (SSSR count). The zero-order valence-electron chi connectivity index (χ0n) is 17.1. The number of nitrogens with zero attached hydrogens (tertiary/aromatic N) is 2. The molecule has 0 spiro atoms. The van der Waals surface area contributed by atoms with E-state index in [1.807, 2.05) is 36.4 Å². The fourth-order valence-corrected chi connectivity index (χ4v) is 4.89. The van der Waals surface area contributed by atoms with Crippen LogP contribution in [-0.2, 0) is 15.3 Å². The van der Waals surface area contributed by atoms with Gasteiger partial charge >= 0.3 is 0 Å². The van der Waals surface area contributed by atoms with Gasteiger partial charge in [-0.05, 0) is 34.6 Å². The molecule has 29 heavy (non-hydrogen) atoms. The van der Waals surface area contributed by atoms with Crippen molar-refractivity contribution in [3.05, 3.63) is 60.2 Å². The summed E-state index contributed by atoms with van der Waals surface area (Å²) in [5.41, 5.74) is 1.07. The maximum atomic E-state index is 13.4. The summed E-state index contributed by atoms with van der Waals surface area (Å²) in [6, 6.07) is 16.7. The topological polar surface area (TPSA) is 62.3 Å². The number of hydrogen-bond donors (Lipinski definition) is 1. The minimum atomic E-state index is -3.71. The van der Waals surface area contributed by atoms with E-state index in [2.05, 4.69) is 36.0 Å². The first-order valence-corrected chi connectivity index (χ1v) is 11.5. The van der Waals surface area contributed by atoms with Crippen LogP contribution >= 0.6 is 0 Å². The van der Waals surface area contributed by atoms with Gasteiger partial charge in [0.15, 0.2) is 5.03 Å². The summed E-state index contributed by atoms with van der Waals surface area (Å²) in [4.78, 5) is 7.10. The van der Waals surface area contributed by atoms with Crippen molar-refractivity contribution in [3.63, 3.8) is 0 Å². The van der Waals surface area contributed by atoms with Gasteiger partial charge in [-0.1, -0.05) is 57.2 Å². The molecule has 152 valence electrons. The number of rotatable bonds is 3. The Bertz CT molecular complexity index is 1130. The highest BCUT2D eigenvalue weighted by Crippen LogP contribution is 2.31. The van der Waals surface area contributed by atoms with Crippen LogP contribution in [0.1, 0.15) is 26.3 Å². The fraction of sp³-hybridized carbons (Fsp3) is 0.348. The molecule has 0 unspecified atom stereocenters. The maximum Gasteiger partial charge on any atom is 0.223 e. The van der Waals surface area contributed by atoms with Crippen molar-refractivity contribution in [2.75, 3.05) is 31.1 Å². The first-order chi connectivity index (χ1) is 13.8. The lowest BCUT2D eigenvalue weighted by Gasteiger charge is -2.29. The van der Waals surface area contributed by atoms with Gasteiger partial charge in [0.05, 0.1) is 4.90 Å². The molecule has 1 aliphatic heterocycles. The van der Waals surface area contributed by atoms with E-state index in [9.17, 15) is 8.42 Å². The van der Waals surface area contributed by atoms with E-state index in [4.69, 9.17) is 0 Å². The Labute approximate surface area is 172 Å². The van der Waals surface area contributed by atoms with Crippen molar-refractivity contribution in [2.24, 2.45) is 0 Å². The van der Waals surface area contributed by atoms with Crippen LogP contribution in [0.25, 0.3) is 10.8 Å². The minimum absolute atomic E-state index is 0.0288. The van der Waals surface area contributed by atoms with Gasteiger partial charge < -0.3 is 10.2 Å². The number of piperazine rings is 1. The molecule has 0 aliphatic carbocycles. The molecule has 0 radical (unpaired) electrons. The average Bonchev–Trinajstić information content (AvgIpc) is 2.73. The minimum Gasteiger partial charge on any atom is -0.354 e. The summed E-state index contributed by atoms with van der Waals surface area (Å²) in [6.07, 6.45) is 0. The highest BCUT2D eigenvalue weighted by atomic mass is 32.2. The molecule has 0 saturated carbocycles. The first-order valence-electron chi connectivity index (χ1n) is 9.98. The van der Waals surface area contributed by atoms with Crippen LogP contribution in [0.5, 0.6) is 0 Å². The van der Waals surface area contributed by atoms with Crippen molar-refractivity contribution in [1.82, 2.24) is 10.3 Å². The molecule has 1 saturated heterocycles. The second-order valence-corrected chi connectivity index (χ2v) is 10.4. The molecule has 1 aromatic heterocycles. The summed E-state index contributed by atoms with van der Waals surface area (Å²) in [5, 5.41) is 5.31. The van der Waals surface area contributed by atoms with Crippen LogP contribution in [0, 0.1) is 0 Å². The van der Waals surface area contributed by atoms with Crippen molar-refractivity contribution in [1.29, 1.82) is 0 Å². The number of aromatic nitrogens is 1. The van der Waals surface area contributed by atoms with Crippen molar-refractivity contribution >= 4 is 26.4 Å². The van der Waals surface area contributed by atoms with E-state index in [1.165, 1.54) is 0 Å². The largest absolute Gasteiger partial charge is 0.354 e. The Morgan fingerprint density at radius 2 is 1.62 bits per heavy atom. The number of fused-ring (bicyclic) bond motifs is 1. The monoisotopic (exact) mass is 409 g/mol. The molecule has 1 fully saturated rings. The van der Waals surface area contributed by atoms with Crippen LogP contribution < -0.4 is 10.2 Å². The zero-order chi connectivity index (χ0) is 20.6. The number of sulfone groups is 1. The molecule has 6 heteroatoms. The Kier molecular flexibility index (Phi) is 5.09. The average molecular weight is 410 g/mol. The van der Waals surface area contributed by atoms with Gasteiger partial charge in [-0.15, -0.1) is 0 Å². The van der Waals surface area contributed by atoms with Crippen molar-refractivity contribution in [3.8, 4) is 0 Å². The molecule has 0 bridgehead atoms. The van der Waals surface area contributed by atoms with Crippen LogP contribution in [0.4, 0.5) is 5.82 Å². The van der Waals surface area contributed by atoms with Gasteiger partial charge in [0, 0.05) is 31.6 Å². The SMILES string of the molecule is CC(C)(C)c1ccc(S(=O)(=O)c2cc3ccccc3c(N3CCNCC3)n2)cc1. The lowest BCUT2D eigenvalue weighted by atomic mass is 9.87. The number of benzene rings is 2. The van der Waals surface area contributed by atoms with Crippen LogP contribution in [0.15, 0.2) is 64.5 Å². The number of hydrogen-bond acceptors (Lipinski definition) is 5. The highest BCUT2D eigenvalue weighted by molar-refractivity contribution is 7.91. The third-order valence-electron chi connectivity index (χ3n) is 5.42. The lowest BCUT2D eigenvalue weighted by molar-refractivity contribution is 0.579. The molecule has 0 atom stereocenters. The summed E-state index contributed by atoms with van der Waals surface area (Å²) in [7, 11) is -3.71. The fourth-order valence-electron chi connectivity index (χ4n) is 3.67. The second kappa shape index (κ2) is 7.43. The first kappa shape index (κ1) is 19.9. The molecule has 3 aromatic rings. The van der Waals surface area contributed by atoms with Crippen molar-refractivity contribution < 1.29 is 8.42 Å². The molecular weight excluding hydrogens is 382 g/mol. The number of nitrogens with one attached hydrogen (secondary N) is 1. The van der Waals surface area contributed by atoms with Gasteiger partial charge in [-0.3, -0.25) is 0 Å². The Balaban J connectivity index is 1.82. The van der Waals surface area contributed by atoms with E-state index >= 15 is 0 Å². The quantitative estimate of drug-likeness (QED) is 0.713. The maximum absolute atomic E-state index is 13.4. The lowest BCUT2D eigenvalue weighted by Crippen LogP contribution is -2.44. The number of pyridine rings is 1. The zero-order valence-corrected chi connectivity index (χ0v) is 18.0. The third-order valence-corrected chi connectivity index (χ3v) is 7.07. The van der Waals surface area contributed by atoms with Crippen LogP contribution in [0.2, 0.25) is 0 Å². The third kappa shape index (κ3) is 3.87. The van der Waals surface area contributed by atoms with Crippen molar-refractivity contribution in [2.45, 2.75) is 36.1 Å². The Morgan fingerprint density at radius 3 is 2.28 bits per heavy atom. The van der Waals surface area contributed by atoms with Gasteiger partial charge in [-0.2, -0.15) is 0 Å². The van der Waals surface area contributed by atoms with E-state index in [1.54, 1.807) is 18.2 Å². The smallest absolute Gasteiger partial charge is 0.223 e. The summed E-state index contributed by atoms with van der Waals surface area (Å²) < 4.78 is 26.8. The highest BCUT2D eigenvalue weighted by Gasteiger charge is 2.24. The van der Waals surface area contributed by atoms with E-state index in [-0.39, 0.29) is 15.3 Å². The molecule has 1 N–H and O–H groups in total. The van der Waals surface area contributed by atoms with E-state index < -0.39 is 9.84 Å².